The molecule has 0 bridgehead atoms. The first-order valence-electron chi connectivity index (χ1n) is 7.31. The van der Waals surface area contributed by atoms with Crippen LogP contribution in [-0.4, -0.2) is 29.3 Å². The highest BCUT2D eigenvalue weighted by Gasteiger charge is 2.01. The molecule has 5 nitrogen and oxygen atoms in total. The van der Waals surface area contributed by atoms with Crippen molar-refractivity contribution in [2.45, 2.75) is 26.4 Å². The summed E-state index contributed by atoms with van der Waals surface area (Å²) in [6, 6.07) is 10.3. The topological polar surface area (TPSA) is 54.2 Å². The van der Waals surface area contributed by atoms with Crippen molar-refractivity contribution < 1.29 is 0 Å². The van der Waals surface area contributed by atoms with Gasteiger partial charge in [0.05, 0.1) is 12.7 Å². The van der Waals surface area contributed by atoms with Gasteiger partial charge in [-0.05, 0) is 12.0 Å². The highest BCUT2D eigenvalue weighted by atomic mass is 15.3. The van der Waals surface area contributed by atoms with Crippen molar-refractivity contribution in [1.82, 2.24) is 20.4 Å². The van der Waals surface area contributed by atoms with E-state index in [2.05, 4.69) is 46.0 Å². The first-order valence-corrected chi connectivity index (χ1v) is 7.31. The van der Waals surface area contributed by atoms with E-state index in [1.165, 1.54) is 5.56 Å². The van der Waals surface area contributed by atoms with Crippen molar-refractivity contribution in [3.63, 3.8) is 0 Å². The summed E-state index contributed by atoms with van der Waals surface area (Å²) in [4.78, 5) is 4.18. The van der Waals surface area contributed by atoms with Gasteiger partial charge < -0.3 is 10.6 Å². The van der Waals surface area contributed by atoms with E-state index in [0.29, 0.717) is 0 Å². The molecule has 1 heterocycles. The maximum absolute atomic E-state index is 4.39. The zero-order chi connectivity index (χ0) is 14.9. The Morgan fingerprint density at radius 1 is 1.19 bits per heavy atom. The highest BCUT2D eigenvalue weighted by Crippen LogP contribution is 2.03. The number of aliphatic imine (C=N–C) groups is 1. The van der Waals surface area contributed by atoms with Crippen molar-refractivity contribution in [2.75, 3.05) is 13.6 Å². The molecule has 0 fully saturated rings. The highest BCUT2D eigenvalue weighted by molar-refractivity contribution is 5.79. The fourth-order valence-electron chi connectivity index (χ4n) is 2.00. The van der Waals surface area contributed by atoms with Crippen LogP contribution in [0.1, 0.15) is 24.5 Å². The van der Waals surface area contributed by atoms with Gasteiger partial charge >= 0.3 is 0 Å². The Morgan fingerprint density at radius 3 is 2.71 bits per heavy atom. The van der Waals surface area contributed by atoms with Crippen LogP contribution in [0, 0.1) is 0 Å². The summed E-state index contributed by atoms with van der Waals surface area (Å²) in [5.74, 6) is 0.827. The largest absolute Gasteiger partial charge is 0.356 e. The van der Waals surface area contributed by atoms with E-state index in [-0.39, 0.29) is 0 Å². The molecule has 0 spiro atoms. The van der Waals surface area contributed by atoms with E-state index in [9.17, 15) is 0 Å². The van der Waals surface area contributed by atoms with E-state index in [4.69, 9.17) is 0 Å². The summed E-state index contributed by atoms with van der Waals surface area (Å²) >= 11 is 0. The Morgan fingerprint density at radius 2 is 2.00 bits per heavy atom. The third-order valence-electron chi connectivity index (χ3n) is 3.10. The van der Waals surface area contributed by atoms with Crippen LogP contribution in [0.3, 0.4) is 0 Å². The van der Waals surface area contributed by atoms with Crippen molar-refractivity contribution in [1.29, 1.82) is 0 Å². The summed E-state index contributed by atoms with van der Waals surface area (Å²) in [6.45, 7) is 4.57. The number of aromatic nitrogens is 2. The van der Waals surface area contributed by atoms with Crippen LogP contribution in [0.25, 0.3) is 0 Å². The van der Waals surface area contributed by atoms with Gasteiger partial charge in [0.2, 0.25) is 0 Å². The lowest BCUT2D eigenvalue weighted by atomic mass is 10.2. The Bertz CT molecular complexity index is 559. The van der Waals surface area contributed by atoms with Crippen molar-refractivity contribution in [3.8, 4) is 0 Å². The normalized spacial score (nSPS) is 11.4. The molecule has 112 valence electrons. The smallest absolute Gasteiger partial charge is 0.191 e. The standard InChI is InChI=1S/C16H23N5/c1-3-9-18-16(17-2)19-10-15-11-20-21(13-15)12-14-7-5-4-6-8-14/h4-8,11,13H,3,9-10,12H2,1-2H3,(H2,17,18,19). The van der Waals surface area contributed by atoms with Crippen LogP contribution < -0.4 is 10.6 Å². The van der Waals surface area contributed by atoms with Crippen molar-refractivity contribution >= 4 is 5.96 Å². The van der Waals surface area contributed by atoms with Gasteiger partial charge in [-0.1, -0.05) is 37.3 Å². The molecule has 0 saturated carbocycles. The Balaban J connectivity index is 1.85. The lowest BCUT2D eigenvalue weighted by Crippen LogP contribution is -2.37. The molecule has 0 amide bonds. The van der Waals surface area contributed by atoms with Gasteiger partial charge in [0.1, 0.15) is 0 Å². The first kappa shape index (κ1) is 15.1. The maximum Gasteiger partial charge on any atom is 0.191 e. The lowest BCUT2D eigenvalue weighted by Gasteiger charge is -2.09. The van der Waals surface area contributed by atoms with Gasteiger partial charge in [-0.3, -0.25) is 9.67 Å². The van der Waals surface area contributed by atoms with Gasteiger partial charge in [0.15, 0.2) is 5.96 Å². The molecular weight excluding hydrogens is 262 g/mol. The van der Waals surface area contributed by atoms with Crippen LogP contribution in [-0.2, 0) is 13.1 Å². The number of hydrogen-bond acceptors (Lipinski definition) is 2. The molecule has 1 aromatic carbocycles. The summed E-state index contributed by atoms with van der Waals surface area (Å²) in [6.07, 6.45) is 5.03. The molecular formula is C16H23N5. The number of nitrogens with zero attached hydrogens (tertiary/aromatic N) is 3. The first-order chi connectivity index (χ1) is 10.3. The lowest BCUT2D eigenvalue weighted by molar-refractivity contribution is 0.685. The number of benzene rings is 1. The minimum atomic E-state index is 0.720. The van der Waals surface area contributed by atoms with Gasteiger partial charge in [-0.15, -0.1) is 0 Å². The maximum atomic E-state index is 4.39. The summed E-state index contributed by atoms with van der Waals surface area (Å²) in [7, 11) is 1.78. The molecule has 0 aliphatic heterocycles. The fraction of sp³-hybridized carbons (Fsp3) is 0.375. The summed E-state index contributed by atoms with van der Waals surface area (Å²) in [5.41, 5.74) is 2.39. The van der Waals surface area contributed by atoms with Crippen LogP contribution >= 0.6 is 0 Å². The van der Waals surface area contributed by atoms with Gasteiger partial charge in [-0.25, -0.2) is 0 Å². The third kappa shape index (κ3) is 4.95. The molecule has 0 aliphatic rings. The van der Waals surface area contributed by atoms with Crippen molar-refractivity contribution in [3.05, 3.63) is 53.9 Å². The quantitative estimate of drug-likeness (QED) is 0.630. The molecule has 2 aromatic rings. The second kappa shape index (κ2) is 8.09. The summed E-state index contributed by atoms with van der Waals surface area (Å²) < 4.78 is 1.95. The number of nitrogens with one attached hydrogen (secondary N) is 2. The summed E-state index contributed by atoms with van der Waals surface area (Å²) in [5, 5.41) is 10.9. The second-order valence-corrected chi connectivity index (χ2v) is 4.88. The average Bonchev–Trinajstić information content (AvgIpc) is 2.96. The minimum Gasteiger partial charge on any atom is -0.356 e. The minimum absolute atomic E-state index is 0.720. The predicted molar refractivity (Wildman–Crippen MR) is 86.3 cm³/mol. The van der Waals surface area contributed by atoms with E-state index >= 15 is 0 Å². The van der Waals surface area contributed by atoms with E-state index in [1.807, 2.05) is 29.1 Å². The predicted octanol–water partition coefficient (Wildman–Crippen LogP) is 2.01. The molecule has 2 rings (SSSR count). The molecule has 1 aromatic heterocycles. The number of rotatable bonds is 6. The van der Waals surface area contributed by atoms with Gasteiger partial charge in [0.25, 0.3) is 0 Å². The molecule has 0 unspecified atom stereocenters. The van der Waals surface area contributed by atoms with E-state index in [0.717, 1.165) is 37.6 Å². The molecule has 5 heteroatoms. The van der Waals surface area contributed by atoms with Crippen molar-refractivity contribution in [2.24, 2.45) is 4.99 Å². The SMILES string of the molecule is CCCNC(=NC)NCc1cnn(Cc2ccccc2)c1. The average molecular weight is 285 g/mol. The molecule has 0 atom stereocenters. The van der Waals surface area contributed by atoms with Crippen LogP contribution in [0.2, 0.25) is 0 Å². The second-order valence-electron chi connectivity index (χ2n) is 4.88. The molecule has 0 radical (unpaired) electrons. The number of hydrogen-bond donors (Lipinski definition) is 2. The van der Waals surface area contributed by atoms with E-state index < -0.39 is 0 Å². The van der Waals surface area contributed by atoms with Crippen LogP contribution in [0.4, 0.5) is 0 Å². The molecule has 21 heavy (non-hydrogen) atoms. The van der Waals surface area contributed by atoms with Crippen LogP contribution in [0.15, 0.2) is 47.7 Å². The Hall–Kier alpha value is -2.30. The molecule has 2 N–H and O–H groups in total. The zero-order valence-electron chi connectivity index (χ0n) is 12.7. The number of guanidine groups is 1. The zero-order valence-corrected chi connectivity index (χ0v) is 12.7. The fourth-order valence-corrected chi connectivity index (χ4v) is 2.00. The van der Waals surface area contributed by atoms with Gasteiger partial charge in [0, 0.05) is 31.9 Å². The molecule has 0 aliphatic carbocycles. The van der Waals surface area contributed by atoms with E-state index in [1.54, 1.807) is 7.05 Å². The monoisotopic (exact) mass is 285 g/mol. The van der Waals surface area contributed by atoms with Gasteiger partial charge in [-0.2, -0.15) is 5.10 Å². The Labute approximate surface area is 126 Å². The molecule has 0 saturated heterocycles. The third-order valence-corrected chi connectivity index (χ3v) is 3.10. The van der Waals surface area contributed by atoms with Crippen LogP contribution in [0.5, 0.6) is 0 Å². The Kier molecular flexibility index (Phi) is 5.82.